The predicted molar refractivity (Wildman–Crippen MR) is 74.6 cm³/mol. The summed E-state index contributed by atoms with van der Waals surface area (Å²) in [6, 6.07) is 0. The first-order valence-electron chi connectivity index (χ1n) is 7.43. The van der Waals surface area contributed by atoms with E-state index >= 15 is 0 Å². The molecule has 4 nitrogen and oxygen atoms in total. The molecular weight excluding hydrogens is 240 g/mol. The average molecular weight is 266 g/mol. The number of carbonyl (C=O) groups excluding carboxylic acids is 2. The number of carbonyl (C=O) groups is 2. The standard InChI is InChI=1S/C15H26N2O2/c1-14(2,3)9-11-17-10-6-12(18)16-15(13(17)19)7-4-5-8-15/h4-11H2,1-3H3,(H,16,18). The minimum Gasteiger partial charge on any atom is -0.342 e. The Hall–Kier alpha value is -1.06. The predicted octanol–water partition coefficient (Wildman–Crippen LogP) is 2.08. The van der Waals surface area contributed by atoms with E-state index in [-0.39, 0.29) is 17.2 Å². The molecule has 1 spiro atoms. The van der Waals surface area contributed by atoms with Gasteiger partial charge in [0.2, 0.25) is 11.8 Å². The second-order valence-corrected chi connectivity index (χ2v) is 7.19. The van der Waals surface area contributed by atoms with E-state index in [1.807, 2.05) is 4.90 Å². The molecule has 1 saturated heterocycles. The molecule has 0 atom stereocenters. The number of nitrogens with one attached hydrogen (secondary N) is 1. The van der Waals surface area contributed by atoms with Crippen molar-refractivity contribution in [3.05, 3.63) is 0 Å². The molecule has 2 fully saturated rings. The van der Waals surface area contributed by atoms with Crippen LogP contribution in [-0.4, -0.2) is 35.3 Å². The normalized spacial score (nSPS) is 23.6. The van der Waals surface area contributed by atoms with E-state index in [1.54, 1.807) is 0 Å². The Kier molecular flexibility index (Phi) is 3.88. The van der Waals surface area contributed by atoms with Crippen molar-refractivity contribution in [1.29, 1.82) is 0 Å². The van der Waals surface area contributed by atoms with Gasteiger partial charge in [-0.3, -0.25) is 9.59 Å². The summed E-state index contributed by atoms with van der Waals surface area (Å²) in [5.74, 6) is 0.189. The summed E-state index contributed by atoms with van der Waals surface area (Å²) in [5, 5.41) is 3.00. The molecule has 1 aliphatic heterocycles. The first kappa shape index (κ1) is 14.4. The van der Waals surface area contributed by atoms with Gasteiger partial charge in [0.05, 0.1) is 0 Å². The molecule has 4 heteroatoms. The van der Waals surface area contributed by atoms with E-state index in [1.165, 1.54) is 0 Å². The molecule has 2 amide bonds. The molecular formula is C15H26N2O2. The number of nitrogens with zero attached hydrogens (tertiary/aromatic N) is 1. The lowest BCUT2D eigenvalue weighted by Gasteiger charge is -2.33. The van der Waals surface area contributed by atoms with Crippen LogP contribution < -0.4 is 5.32 Å². The van der Waals surface area contributed by atoms with Crippen molar-refractivity contribution < 1.29 is 9.59 Å². The maximum absolute atomic E-state index is 12.7. The van der Waals surface area contributed by atoms with Crippen LogP contribution in [0.2, 0.25) is 0 Å². The third-order valence-corrected chi connectivity index (χ3v) is 4.27. The minimum atomic E-state index is -0.578. The van der Waals surface area contributed by atoms with Crippen LogP contribution >= 0.6 is 0 Å². The Balaban J connectivity index is 2.10. The summed E-state index contributed by atoms with van der Waals surface area (Å²) >= 11 is 0. The van der Waals surface area contributed by atoms with Gasteiger partial charge in [0, 0.05) is 19.5 Å². The lowest BCUT2D eigenvalue weighted by atomic mass is 9.91. The molecule has 0 aromatic carbocycles. The van der Waals surface area contributed by atoms with Crippen LogP contribution in [0.4, 0.5) is 0 Å². The van der Waals surface area contributed by atoms with Crippen LogP contribution in [0.1, 0.15) is 59.3 Å². The summed E-state index contributed by atoms with van der Waals surface area (Å²) in [6.07, 6.45) is 5.12. The van der Waals surface area contributed by atoms with E-state index in [4.69, 9.17) is 0 Å². The van der Waals surface area contributed by atoms with Gasteiger partial charge < -0.3 is 10.2 Å². The molecule has 0 radical (unpaired) electrons. The highest BCUT2D eigenvalue weighted by Crippen LogP contribution is 2.33. The lowest BCUT2D eigenvalue weighted by molar-refractivity contribution is -0.138. The van der Waals surface area contributed by atoms with Crippen molar-refractivity contribution in [3.8, 4) is 0 Å². The fraction of sp³-hybridized carbons (Fsp3) is 0.867. The smallest absolute Gasteiger partial charge is 0.248 e. The molecule has 0 bridgehead atoms. The van der Waals surface area contributed by atoms with Crippen LogP contribution in [0, 0.1) is 5.41 Å². The molecule has 1 saturated carbocycles. The second-order valence-electron chi connectivity index (χ2n) is 7.19. The average Bonchev–Trinajstić information content (AvgIpc) is 2.72. The number of amides is 2. The molecule has 108 valence electrons. The monoisotopic (exact) mass is 266 g/mol. The molecule has 1 aliphatic carbocycles. The SMILES string of the molecule is CC(C)(C)CCN1CCC(=O)NC2(CCCC2)C1=O. The third kappa shape index (κ3) is 3.28. The zero-order valence-electron chi connectivity index (χ0n) is 12.4. The van der Waals surface area contributed by atoms with Crippen LogP contribution in [-0.2, 0) is 9.59 Å². The van der Waals surface area contributed by atoms with Crippen molar-refractivity contribution in [2.24, 2.45) is 5.41 Å². The van der Waals surface area contributed by atoms with Gasteiger partial charge in [-0.1, -0.05) is 33.6 Å². The van der Waals surface area contributed by atoms with Gasteiger partial charge in [-0.2, -0.15) is 0 Å². The van der Waals surface area contributed by atoms with Crippen LogP contribution in [0.25, 0.3) is 0 Å². The van der Waals surface area contributed by atoms with Crippen molar-refractivity contribution in [3.63, 3.8) is 0 Å². The highest BCUT2D eigenvalue weighted by molar-refractivity contribution is 5.93. The molecule has 1 heterocycles. The Morgan fingerprint density at radius 3 is 2.42 bits per heavy atom. The molecule has 0 unspecified atom stereocenters. The van der Waals surface area contributed by atoms with Gasteiger partial charge >= 0.3 is 0 Å². The number of hydrogen-bond acceptors (Lipinski definition) is 2. The van der Waals surface area contributed by atoms with Gasteiger partial charge in [0.25, 0.3) is 0 Å². The fourth-order valence-corrected chi connectivity index (χ4v) is 3.02. The fourth-order valence-electron chi connectivity index (χ4n) is 3.02. The van der Waals surface area contributed by atoms with Crippen molar-refractivity contribution in [1.82, 2.24) is 10.2 Å². The highest BCUT2D eigenvalue weighted by atomic mass is 16.2. The van der Waals surface area contributed by atoms with E-state index in [9.17, 15) is 9.59 Å². The molecule has 1 N–H and O–H groups in total. The number of hydrogen-bond donors (Lipinski definition) is 1. The Morgan fingerprint density at radius 2 is 1.84 bits per heavy atom. The summed E-state index contributed by atoms with van der Waals surface area (Å²) in [7, 11) is 0. The first-order chi connectivity index (χ1) is 8.82. The van der Waals surface area contributed by atoms with Crippen LogP contribution in [0.15, 0.2) is 0 Å². The zero-order chi connectivity index (χ0) is 14.1. The Bertz CT molecular complexity index is 365. The van der Waals surface area contributed by atoms with Gasteiger partial charge in [-0.15, -0.1) is 0 Å². The first-order valence-corrected chi connectivity index (χ1v) is 7.43. The summed E-state index contributed by atoms with van der Waals surface area (Å²) < 4.78 is 0. The minimum absolute atomic E-state index is 0.0357. The molecule has 0 aromatic heterocycles. The molecule has 0 aromatic rings. The van der Waals surface area contributed by atoms with Crippen LogP contribution in [0.3, 0.4) is 0 Å². The van der Waals surface area contributed by atoms with Crippen molar-refractivity contribution in [2.45, 2.75) is 64.8 Å². The van der Waals surface area contributed by atoms with Crippen LogP contribution in [0.5, 0.6) is 0 Å². The highest BCUT2D eigenvalue weighted by Gasteiger charge is 2.46. The molecule has 19 heavy (non-hydrogen) atoms. The van der Waals surface area contributed by atoms with E-state index in [0.717, 1.165) is 38.6 Å². The molecule has 2 rings (SSSR count). The van der Waals surface area contributed by atoms with Crippen molar-refractivity contribution >= 4 is 11.8 Å². The topological polar surface area (TPSA) is 49.4 Å². The quantitative estimate of drug-likeness (QED) is 0.832. The van der Waals surface area contributed by atoms with Gasteiger partial charge in [0.1, 0.15) is 5.54 Å². The third-order valence-electron chi connectivity index (χ3n) is 4.27. The van der Waals surface area contributed by atoms with Gasteiger partial charge in [-0.25, -0.2) is 0 Å². The second kappa shape index (κ2) is 5.14. The Morgan fingerprint density at radius 1 is 1.21 bits per heavy atom. The van der Waals surface area contributed by atoms with E-state index < -0.39 is 5.54 Å². The summed E-state index contributed by atoms with van der Waals surface area (Å²) in [5.41, 5.74) is -0.363. The van der Waals surface area contributed by atoms with E-state index in [2.05, 4.69) is 26.1 Å². The number of rotatable bonds is 2. The summed E-state index contributed by atoms with van der Waals surface area (Å²) in [6.45, 7) is 7.89. The zero-order valence-corrected chi connectivity index (χ0v) is 12.4. The molecule has 2 aliphatic rings. The maximum atomic E-state index is 12.7. The van der Waals surface area contributed by atoms with Crippen molar-refractivity contribution in [2.75, 3.05) is 13.1 Å². The Labute approximate surface area is 115 Å². The van der Waals surface area contributed by atoms with Gasteiger partial charge in [-0.05, 0) is 24.7 Å². The van der Waals surface area contributed by atoms with E-state index in [0.29, 0.717) is 13.0 Å². The van der Waals surface area contributed by atoms with Gasteiger partial charge in [0.15, 0.2) is 0 Å². The maximum Gasteiger partial charge on any atom is 0.248 e. The lowest BCUT2D eigenvalue weighted by Crippen LogP contribution is -2.55. The summed E-state index contributed by atoms with van der Waals surface area (Å²) in [4.78, 5) is 26.5. The largest absolute Gasteiger partial charge is 0.342 e.